The van der Waals surface area contributed by atoms with E-state index in [9.17, 15) is 4.79 Å². The molecule has 0 amide bonds. The van der Waals surface area contributed by atoms with Gasteiger partial charge in [-0.05, 0) is 31.5 Å². The molecule has 1 aliphatic rings. The number of carbonyl (C=O) groups is 1. The van der Waals surface area contributed by atoms with Crippen molar-refractivity contribution < 1.29 is 9.53 Å². The van der Waals surface area contributed by atoms with E-state index >= 15 is 0 Å². The van der Waals surface area contributed by atoms with E-state index in [-0.39, 0.29) is 5.97 Å². The third kappa shape index (κ3) is 4.01. The van der Waals surface area contributed by atoms with Crippen LogP contribution in [0, 0.1) is 0 Å². The minimum Gasteiger partial charge on any atom is -0.423 e. The van der Waals surface area contributed by atoms with Crippen LogP contribution in [0.4, 0.5) is 0 Å². The number of benzene rings is 1. The number of rotatable bonds is 4. The van der Waals surface area contributed by atoms with Crippen LogP contribution in [0.15, 0.2) is 42.1 Å². The monoisotopic (exact) mass is 319 g/mol. The quantitative estimate of drug-likeness (QED) is 0.278. The van der Waals surface area contributed by atoms with Gasteiger partial charge in [-0.25, -0.2) is 4.79 Å². The van der Waals surface area contributed by atoms with Gasteiger partial charge in [0.2, 0.25) is 0 Å². The van der Waals surface area contributed by atoms with Crippen molar-refractivity contribution in [2.75, 3.05) is 6.54 Å². The molecule has 0 aromatic heterocycles. The first-order valence-corrected chi connectivity index (χ1v) is 10.7. The maximum atomic E-state index is 12.1. The normalized spacial score (nSPS) is 17.7. The number of ether oxygens (including phenoxy) is 1. The standard InChI is InChI=1S/C16H21NO2SSi/c1-13(20)15(17-10-7-11-21(17,2)3)12-16(18)19-14-8-5-4-6-9-14/h4-6,8-9,12H,7,10-11H2,1-3H3. The average Bonchev–Trinajstić information content (AvgIpc) is 2.76. The molecule has 0 bridgehead atoms. The van der Waals surface area contributed by atoms with Gasteiger partial charge in [-0.15, -0.1) is 0 Å². The molecule has 1 fully saturated rings. The van der Waals surface area contributed by atoms with Crippen molar-refractivity contribution in [1.29, 1.82) is 0 Å². The molecule has 0 radical (unpaired) electrons. The molecular weight excluding hydrogens is 298 g/mol. The molecule has 1 aromatic rings. The highest BCUT2D eigenvalue weighted by Gasteiger charge is 2.36. The molecule has 5 heteroatoms. The van der Waals surface area contributed by atoms with Gasteiger partial charge in [-0.2, -0.15) is 0 Å². The molecule has 21 heavy (non-hydrogen) atoms. The van der Waals surface area contributed by atoms with Gasteiger partial charge in [-0.3, -0.25) is 0 Å². The number of para-hydroxylation sites is 1. The van der Waals surface area contributed by atoms with Crippen molar-refractivity contribution in [1.82, 2.24) is 4.57 Å². The summed E-state index contributed by atoms with van der Waals surface area (Å²) in [6.07, 6.45) is 2.72. The first-order valence-electron chi connectivity index (χ1n) is 7.17. The van der Waals surface area contributed by atoms with E-state index in [4.69, 9.17) is 17.0 Å². The van der Waals surface area contributed by atoms with Crippen LogP contribution in [-0.4, -0.2) is 30.2 Å². The molecule has 112 valence electrons. The number of esters is 1. The second-order valence-corrected chi connectivity index (χ2v) is 11.2. The molecule has 0 aliphatic carbocycles. The Morgan fingerprint density at radius 3 is 2.52 bits per heavy atom. The summed E-state index contributed by atoms with van der Waals surface area (Å²) in [5.41, 5.74) is 0.861. The van der Waals surface area contributed by atoms with Crippen LogP contribution in [0.3, 0.4) is 0 Å². The Labute approximate surface area is 132 Å². The van der Waals surface area contributed by atoms with Gasteiger partial charge in [0.05, 0.1) is 0 Å². The van der Waals surface area contributed by atoms with E-state index in [1.54, 1.807) is 18.2 Å². The third-order valence-corrected chi connectivity index (χ3v) is 7.48. The van der Waals surface area contributed by atoms with E-state index < -0.39 is 8.24 Å². The molecule has 0 spiro atoms. The molecular formula is C16H21NO2SSi. The second kappa shape index (κ2) is 6.53. The predicted molar refractivity (Wildman–Crippen MR) is 92.0 cm³/mol. The van der Waals surface area contributed by atoms with Gasteiger partial charge >= 0.3 is 5.97 Å². The molecule has 1 aliphatic heterocycles. The maximum absolute atomic E-state index is 12.1. The SMILES string of the molecule is CC(=S)C(=CC(=O)Oc1ccccc1)N1CCC[Si]1(C)C. The highest BCUT2D eigenvalue weighted by atomic mass is 32.1. The zero-order valence-corrected chi connectivity index (χ0v) is 14.6. The van der Waals surface area contributed by atoms with Gasteiger partial charge in [0.15, 0.2) is 8.24 Å². The maximum Gasteiger partial charge on any atom is 0.338 e. The second-order valence-electron chi connectivity index (χ2n) is 5.89. The lowest BCUT2D eigenvalue weighted by Gasteiger charge is -2.33. The highest BCUT2D eigenvalue weighted by Crippen LogP contribution is 2.30. The summed E-state index contributed by atoms with van der Waals surface area (Å²) in [6.45, 7) is 7.49. The number of thiocarbonyl (C=S) groups is 1. The number of hydrogen-bond acceptors (Lipinski definition) is 4. The molecule has 3 nitrogen and oxygen atoms in total. The van der Waals surface area contributed by atoms with Gasteiger partial charge in [0.25, 0.3) is 0 Å². The van der Waals surface area contributed by atoms with Crippen LogP contribution in [0.25, 0.3) is 0 Å². The van der Waals surface area contributed by atoms with E-state index in [0.717, 1.165) is 17.1 Å². The Kier molecular flexibility index (Phi) is 4.95. The Hall–Kier alpha value is -1.46. The van der Waals surface area contributed by atoms with Crippen molar-refractivity contribution in [3.63, 3.8) is 0 Å². The van der Waals surface area contributed by atoms with Gasteiger partial charge < -0.3 is 9.30 Å². The predicted octanol–water partition coefficient (Wildman–Crippen LogP) is 3.78. The Balaban J connectivity index is 2.18. The summed E-state index contributed by atoms with van der Waals surface area (Å²) in [4.78, 5) is 12.9. The summed E-state index contributed by atoms with van der Waals surface area (Å²) < 4.78 is 7.69. The van der Waals surface area contributed by atoms with Crippen molar-refractivity contribution in [2.45, 2.75) is 32.5 Å². The molecule has 0 unspecified atom stereocenters. The van der Waals surface area contributed by atoms with Crippen LogP contribution in [-0.2, 0) is 4.79 Å². The minimum absolute atomic E-state index is 0.364. The molecule has 1 heterocycles. The van der Waals surface area contributed by atoms with E-state index in [1.807, 2.05) is 25.1 Å². The first kappa shape index (κ1) is 15.9. The third-order valence-electron chi connectivity index (χ3n) is 3.77. The molecule has 2 rings (SSSR count). The van der Waals surface area contributed by atoms with Crippen molar-refractivity contribution in [3.05, 3.63) is 42.1 Å². The van der Waals surface area contributed by atoms with Crippen LogP contribution in [0.5, 0.6) is 5.75 Å². The molecule has 1 aromatic carbocycles. The lowest BCUT2D eigenvalue weighted by molar-refractivity contribution is -0.129. The van der Waals surface area contributed by atoms with Gasteiger partial charge in [0.1, 0.15) is 5.75 Å². The lowest BCUT2D eigenvalue weighted by Crippen LogP contribution is -2.44. The van der Waals surface area contributed by atoms with Crippen molar-refractivity contribution in [3.8, 4) is 5.75 Å². The van der Waals surface area contributed by atoms with Crippen molar-refractivity contribution in [2.24, 2.45) is 0 Å². The molecule has 0 atom stereocenters. The topological polar surface area (TPSA) is 29.5 Å². The number of carbonyl (C=O) groups excluding carboxylic acids is 1. The summed E-state index contributed by atoms with van der Waals surface area (Å²) in [7, 11) is -1.48. The van der Waals surface area contributed by atoms with Crippen LogP contribution in [0.1, 0.15) is 13.3 Å². The number of nitrogens with zero attached hydrogens (tertiary/aromatic N) is 1. The molecule has 1 saturated heterocycles. The van der Waals surface area contributed by atoms with Crippen LogP contribution in [0.2, 0.25) is 19.1 Å². The van der Waals surface area contributed by atoms with Gasteiger partial charge in [-0.1, -0.05) is 43.5 Å². The largest absolute Gasteiger partial charge is 0.423 e. The fraction of sp³-hybridized carbons (Fsp3) is 0.375. The fourth-order valence-electron chi connectivity index (χ4n) is 2.67. The zero-order valence-electron chi connectivity index (χ0n) is 12.8. The van der Waals surface area contributed by atoms with Gasteiger partial charge in [0, 0.05) is 23.2 Å². The van der Waals surface area contributed by atoms with Crippen molar-refractivity contribution >= 4 is 31.3 Å². The Morgan fingerprint density at radius 1 is 1.33 bits per heavy atom. The Morgan fingerprint density at radius 2 is 2.00 bits per heavy atom. The summed E-state index contributed by atoms with van der Waals surface area (Å²) in [6, 6.07) is 10.3. The summed E-state index contributed by atoms with van der Waals surface area (Å²) in [5.74, 6) is 0.190. The van der Waals surface area contributed by atoms with E-state index in [2.05, 4.69) is 17.7 Å². The lowest BCUT2D eigenvalue weighted by atomic mass is 10.3. The fourth-order valence-corrected chi connectivity index (χ4v) is 5.86. The zero-order chi connectivity index (χ0) is 15.5. The summed E-state index contributed by atoms with van der Waals surface area (Å²) in [5, 5.41) is 0. The highest BCUT2D eigenvalue weighted by molar-refractivity contribution is 7.80. The summed E-state index contributed by atoms with van der Waals surface area (Å²) >= 11 is 5.34. The van der Waals surface area contributed by atoms with E-state index in [1.165, 1.54) is 12.5 Å². The molecule has 0 saturated carbocycles. The average molecular weight is 320 g/mol. The first-order chi connectivity index (χ1) is 9.90. The Bertz CT molecular complexity index is 569. The van der Waals surface area contributed by atoms with Crippen LogP contribution < -0.4 is 4.74 Å². The number of allylic oxidation sites excluding steroid dienone is 1. The van der Waals surface area contributed by atoms with Crippen LogP contribution >= 0.6 is 12.2 Å². The number of hydrogen-bond donors (Lipinski definition) is 0. The minimum atomic E-state index is -1.48. The van der Waals surface area contributed by atoms with E-state index in [0.29, 0.717) is 5.75 Å². The molecule has 0 N–H and O–H groups in total. The smallest absolute Gasteiger partial charge is 0.338 e.